The number of amides is 1. The van der Waals surface area contributed by atoms with Gasteiger partial charge in [-0.05, 0) is 55.2 Å². The summed E-state index contributed by atoms with van der Waals surface area (Å²) in [6, 6.07) is 33.4. The van der Waals surface area contributed by atoms with Crippen LogP contribution in [0.2, 0.25) is 0 Å². The fraction of sp³-hybridized carbons (Fsp3) is 0.171. The summed E-state index contributed by atoms with van der Waals surface area (Å²) >= 11 is 0. The van der Waals surface area contributed by atoms with Gasteiger partial charge in [-0.25, -0.2) is 0 Å². The lowest BCUT2D eigenvalue weighted by atomic mass is 10.0. The number of terminal acetylenes is 1. The van der Waals surface area contributed by atoms with Crippen LogP contribution in [0.1, 0.15) is 35.3 Å². The van der Waals surface area contributed by atoms with Crippen molar-refractivity contribution in [1.82, 2.24) is 10.3 Å². The van der Waals surface area contributed by atoms with Crippen molar-refractivity contribution in [2.24, 2.45) is 0 Å². The molecule has 0 radical (unpaired) electrons. The van der Waals surface area contributed by atoms with E-state index in [1.807, 2.05) is 56.4 Å². The molecule has 0 unspecified atom stereocenters. The van der Waals surface area contributed by atoms with Crippen LogP contribution in [0.5, 0.6) is 5.75 Å². The third-order valence-corrected chi connectivity index (χ3v) is 6.35. The molecular formula is C35H34N2O3. The standard InChI is InChI=1S/C23H24N2O3.C12H10/c1-4-16-8-7-10-20(22(16)28-15(2)3)23(27)25-18(14-26)12-17-13-24-21-11-6-5-9-19(17)21;1-3-7-11(8-4-1)12-9-5-2-6-10-12/h1,5-11,13,15,18,24,26H,12,14H2,2-3H3,(H,25,27);1-10H/t18-;/m1./s1. The molecule has 1 amide bonds. The van der Waals surface area contributed by atoms with Gasteiger partial charge in [0.05, 0.1) is 29.9 Å². The first-order chi connectivity index (χ1) is 19.5. The van der Waals surface area contributed by atoms with Gasteiger partial charge in [0.1, 0.15) is 5.75 Å². The Labute approximate surface area is 235 Å². The minimum Gasteiger partial charge on any atom is -0.489 e. The number of nitrogens with one attached hydrogen (secondary N) is 2. The number of aromatic amines is 1. The second kappa shape index (κ2) is 13.8. The molecule has 1 aromatic heterocycles. The number of fused-ring (bicyclic) bond motifs is 1. The number of aliphatic hydroxyl groups excluding tert-OH is 1. The lowest BCUT2D eigenvalue weighted by molar-refractivity contribution is 0.0910. The molecule has 0 saturated carbocycles. The molecule has 202 valence electrons. The van der Waals surface area contributed by atoms with E-state index in [9.17, 15) is 9.90 Å². The average Bonchev–Trinajstić information content (AvgIpc) is 3.40. The van der Waals surface area contributed by atoms with E-state index in [4.69, 9.17) is 11.2 Å². The molecule has 5 aromatic rings. The van der Waals surface area contributed by atoms with Gasteiger partial charge in [-0.2, -0.15) is 0 Å². The number of rotatable bonds is 8. The monoisotopic (exact) mass is 530 g/mol. The van der Waals surface area contributed by atoms with Crippen molar-refractivity contribution in [3.8, 4) is 29.2 Å². The highest BCUT2D eigenvalue weighted by Crippen LogP contribution is 2.25. The number of carbonyl (C=O) groups excluding carboxylic acids is 1. The predicted molar refractivity (Wildman–Crippen MR) is 162 cm³/mol. The maximum absolute atomic E-state index is 12.9. The third kappa shape index (κ3) is 7.19. The summed E-state index contributed by atoms with van der Waals surface area (Å²) in [4.78, 5) is 16.1. The van der Waals surface area contributed by atoms with Gasteiger partial charge in [0.2, 0.25) is 0 Å². The first-order valence-electron chi connectivity index (χ1n) is 13.3. The van der Waals surface area contributed by atoms with Crippen LogP contribution >= 0.6 is 0 Å². The highest BCUT2D eigenvalue weighted by atomic mass is 16.5. The topological polar surface area (TPSA) is 74.4 Å². The van der Waals surface area contributed by atoms with Crippen LogP contribution in [0.25, 0.3) is 22.0 Å². The van der Waals surface area contributed by atoms with E-state index in [1.165, 1.54) is 11.1 Å². The van der Waals surface area contributed by atoms with Gasteiger partial charge in [-0.1, -0.05) is 90.8 Å². The molecule has 0 fully saturated rings. The minimum atomic E-state index is -0.437. The number of aliphatic hydroxyl groups is 1. The van der Waals surface area contributed by atoms with Gasteiger partial charge in [-0.15, -0.1) is 6.42 Å². The van der Waals surface area contributed by atoms with Gasteiger partial charge < -0.3 is 20.1 Å². The van der Waals surface area contributed by atoms with Gasteiger partial charge in [0, 0.05) is 17.1 Å². The molecule has 1 heterocycles. The summed E-state index contributed by atoms with van der Waals surface area (Å²) < 4.78 is 5.80. The van der Waals surface area contributed by atoms with Gasteiger partial charge in [0.25, 0.3) is 5.91 Å². The number of hydrogen-bond acceptors (Lipinski definition) is 3. The number of H-pyrrole nitrogens is 1. The highest BCUT2D eigenvalue weighted by Gasteiger charge is 2.20. The summed E-state index contributed by atoms with van der Waals surface area (Å²) in [5, 5.41) is 13.8. The zero-order valence-electron chi connectivity index (χ0n) is 22.8. The van der Waals surface area contributed by atoms with Crippen LogP contribution in [-0.4, -0.2) is 34.8 Å². The van der Waals surface area contributed by atoms with E-state index in [1.54, 1.807) is 18.2 Å². The Hall–Kier alpha value is -4.79. The zero-order chi connectivity index (χ0) is 28.3. The van der Waals surface area contributed by atoms with Crippen LogP contribution in [0.4, 0.5) is 0 Å². The van der Waals surface area contributed by atoms with Crippen LogP contribution in [0.3, 0.4) is 0 Å². The molecule has 0 saturated heterocycles. The summed E-state index contributed by atoms with van der Waals surface area (Å²) in [5.41, 5.74) is 5.50. The molecule has 5 rings (SSSR count). The fourth-order valence-electron chi connectivity index (χ4n) is 4.44. The molecule has 3 N–H and O–H groups in total. The van der Waals surface area contributed by atoms with Crippen molar-refractivity contribution >= 4 is 16.8 Å². The molecule has 5 heteroatoms. The fourth-order valence-corrected chi connectivity index (χ4v) is 4.44. The van der Waals surface area contributed by atoms with Crippen molar-refractivity contribution in [3.63, 3.8) is 0 Å². The van der Waals surface area contributed by atoms with Crippen LogP contribution in [-0.2, 0) is 6.42 Å². The first kappa shape index (κ1) is 28.2. The molecule has 4 aromatic carbocycles. The lowest BCUT2D eigenvalue weighted by Crippen LogP contribution is -2.39. The quantitative estimate of drug-likeness (QED) is 0.197. The van der Waals surface area contributed by atoms with Crippen molar-refractivity contribution < 1.29 is 14.6 Å². The normalized spacial score (nSPS) is 11.3. The lowest BCUT2D eigenvalue weighted by Gasteiger charge is -2.19. The summed E-state index contributed by atoms with van der Waals surface area (Å²) in [6.45, 7) is 3.57. The molecule has 5 nitrogen and oxygen atoms in total. The van der Waals surface area contributed by atoms with E-state index in [2.05, 4.69) is 64.8 Å². The molecule has 40 heavy (non-hydrogen) atoms. The number of para-hydroxylation sites is 2. The van der Waals surface area contributed by atoms with Crippen molar-refractivity contribution in [3.05, 3.63) is 126 Å². The number of benzene rings is 4. The zero-order valence-corrected chi connectivity index (χ0v) is 22.8. The molecular weight excluding hydrogens is 496 g/mol. The molecule has 0 aliphatic rings. The average molecular weight is 531 g/mol. The molecule has 0 aliphatic carbocycles. The van der Waals surface area contributed by atoms with Gasteiger partial charge in [0.15, 0.2) is 0 Å². The Morgan fingerprint density at radius 2 is 1.52 bits per heavy atom. The van der Waals surface area contributed by atoms with Crippen LogP contribution in [0.15, 0.2) is 109 Å². The minimum absolute atomic E-state index is 0.124. The second-order valence-corrected chi connectivity index (χ2v) is 9.64. The molecule has 0 aliphatic heterocycles. The van der Waals surface area contributed by atoms with Crippen LogP contribution < -0.4 is 10.1 Å². The van der Waals surface area contributed by atoms with E-state index < -0.39 is 6.04 Å². The largest absolute Gasteiger partial charge is 0.489 e. The second-order valence-electron chi connectivity index (χ2n) is 9.64. The number of ether oxygens (including phenoxy) is 1. The van der Waals surface area contributed by atoms with Crippen molar-refractivity contribution in [2.75, 3.05) is 6.61 Å². The number of carbonyl (C=O) groups is 1. The Morgan fingerprint density at radius 1 is 0.900 bits per heavy atom. The maximum atomic E-state index is 12.9. The van der Waals surface area contributed by atoms with Crippen LogP contribution in [0, 0.1) is 12.3 Å². The Kier molecular flexibility index (Phi) is 9.77. The molecule has 0 spiro atoms. The van der Waals surface area contributed by atoms with E-state index in [-0.39, 0.29) is 18.6 Å². The Bertz CT molecular complexity index is 1530. The summed E-state index contributed by atoms with van der Waals surface area (Å²) in [6.07, 6.45) is 7.85. The third-order valence-electron chi connectivity index (χ3n) is 6.35. The Morgan fingerprint density at radius 3 is 2.12 bits per heavy atom. The maximum Gasteiger partial charge on any atom is 0.255 e. The first-order valence-corrected chi connectivity index (χ1v) is 13.3. The molecule has 0 bridgehead atoms. The van der Waals surface area contributed by atoms with E-state index in [0.717, 1.165) is 16.5 Å². The number of hydrogen-bond donors (Lipinski definition) is 3. The molecule has 1 atom stereocenters. The number of aromatic nitrogens is 1. The van der Waals surface area contributed by atoms with Crippen molar-refractivity contribution in [2.45, 2.75) is 32.4 Å². The smallest absolute Gasteiger partial charge is 0.255 e. The van der Waals surface area contributed by atoms with E-state index in [0.29, 0.717) is 23.3 Å². The Balaban J connectivity index is 0.000000255. The van der Waals surface area contributed by atoms with Gasteiger partial charge in [-0.3, -0.25) is 4.79 Å². The van der Waals surface area contributed by atoms with Gasteiger partial charge >= 0.3 is 0 Å². The van der Waals surface area contributed by atoms with E-state index >= 15 is 0 Å². The summed E-state index contributed by atoms with van der Waals surface area (Å²) in [5.74, 6) is 2.62. The highest BCUT2D eigenvalue weighted by molar-refractivity contribution is 5.98. The predicted octanol–water partition coefficient (Wildman–Crippen LogP) is 6.62. The summed E-state index contributed by atoms with van der Waals surface area (Å²) in [7, 11) is 0. The SMILES string of the molecule is C#Cc1cccc(C(=O)N[C@@H](CO)Cc2c[nH]c3ccccc23)c1OC(C)C.c1ccc(-c2ccccc2)cc1. The van der Waals surface area contributed by atoms with Crippen molar-refractivity contribution in [1.29, 1.82) is 0 Å².